The molecule has 0 radical (unpaired) electrons. The van der Waals surface area contributed by atoms with Gasteiger partial charge in [0.05, 0.1) is 0 Å². The van der Waals surface area contributed by atoms with Gasteiger partial charge in [-0.15, -0.1) is 0 Å². The van der Waals surface area contributed by atoms with E-state index in [9.17, 15) is 5.26 Å². The van der Waals surface area contributed by atoms with E-state index in [2.05, 4.69) is 102 Å². The fourth-order valence-corrected chi connectivity index (χ4v) is 26.5. The molecule has 0 amide bonds. The second kappa shape index (κ2) is 7.88. The van der Waals surface area contributed by atoms with Crippen LogP contribution in [0.25, 0.3) is 0 Å². The Bertz CT molecular complexity index is 921. The van der Waals surface area contributed by atoms with Crippen LogP contribution in [0.1, 0.15) is 0 Å². The van der Waals surface area contributed by atoms with Gasteiger partial charge in [-0.25, -0.2) is 0 Å². The number of thiocyanates is 1. The van der Waals surface area contributed by atoms with Gasteiger partial charge in [-0.3, -0.25) is 0 Å². The van der Waals surface area contributed by atoms with E-state index in [-0.39, 0.29) is 0 Å². The SMILES string of the molecule is N#C[S][Sb]([c]1ccccc1)([c]1ccccc1)([c]1ccccc1)[c]1ccccc1. The van der Waals surface area contributed by atoms with Crippen molar-refractivity contribution in [3.05, 3.63) is 121 Å². The topological polar surface area (TPSA) is 23.8 Å². The summed E-state index contributed by atoms with van der Waals surface area (Å²) in [5.41, 5.74) is 0. The van der Waals surface area contributed by atoms with Crippen LogP contribution < -0.4 is 14.0 Å². The van der Waals surface area contributed by atoms with Crippen molar-refractivity contribution < 1.29 is 0 Å². The van der Waals surface area contributed by atoms with Crippen molar-refractivity contribution in [1.29, 1.82) is 5.26 Å². The van der Waals surface area contributed by atoms with Gasteiger partial charge < -0.3 is 0 Å². The van der Waals surface area contributed by atoms with Crippen LogP contribution in [0.5, 0.6) is 0 Å². The van der Waals surface area contributed by atoms with Gasteiger partial charge >= 0.3 is 171 Å². The zero-order chi connectivity index (χ0) is 19.3. The number of hydrogen-bond acceptors (Lipinski definition) is 2. The quantitative estimate of drug-likeness (QED) is 0.316. The van der Waals surface area contributed by atoms with Crippen molar-refractivity contribution >= 4 is 38.9 Å². The van der Waals surface area contributed by atoms with Crippen LogP contribution in [0.2, 0.25) is 0 Å². The first-order valence-electron chi connectivity index (χ1n) is 9.15. The fourth-order valence-electron chi connectivity index (χ4n) is 4.04. The van der Waals surface area contributed by atoms with E-state index in [1.54, 1.807) is 0 Å². The average molecular weight is 488 g/mol. The van der Waals surface area contributed by atoms with Crippen LogP contribution in [-0.2, 0) is 0 Å². The number of nitriles is 1. The van der Waals surface area contributed by atoms with E-state index in [0.29, 0.717) is 0 Å². The summed E-state index contributed by atoms with van der Waals surface area (Å²) in [4.78, 5) is 0. The number of benzene rings is 4. The zero-order valence-electron chi connectivity index (χ0n) is 15.3. The van der Waals surface area contributed by atoms with Crippen molar-refractivity contribution in [2.45, 2.75) is 0 Å². The van der Waals surface area contributed by atoms with E-state index in [4.69, 9.17) is 0 Å². The molecule has 1 nitrogen and oxygen atoms in total. The summed E-state index contributed by atoms with van der Waals surface area (Å²) in [7, 11) is 1.49. The van der Waals surface area contributed by atoms with Crippen LogP contribution >= 0.6 is 8.85 Å². The van der Waals surface area contributed by atoms with Crippen molar-refractivity contribution in [2.75, 3.05) is 0 Å². The Morgan fingerprint density at radius 1 is 0.464 bits per heavy atom. The minimum absolute atomic E-state index is 1.26. The second-order valence-corrected chi connectivity index (χ2v) is 25.2. The molecule has 0 aliphatic carbocycles. The Morgan fingerprint density at radius 2 is 0.714 bits per heavy atom. The Hall–Kier alpha value is -2.46. The zero-order valence-corrected chi connectivity index (χ0v) is 18.7. The Labute approximate surface area is 170 Å². The van der Waals surface area contributed by atoms with Gasteiger partial charge in [0.15, 0.2) is 0 Å². The first kappa shape index (κ1) is 18.9. The molecule has 28 heavy (non-hydrogen) atoms. The Balaban J connectivity index is 2.30. The maximum atomic E-state index is 10.2. The molecule has 0 saturated carbocycles. The Morgan fingerprint density at radius 3 is 0.929 bits per heavy atom. The van der Waals surface area contributed by atoms with E-state index < -0.39 is 16.0 Å². The predicted molar refractivity (Wildman–Crippen MR) is 123 cm³/mol. The monoisotopic (exact) mass is 487 g/mol. The molecule has 0 atom stereocenters. The van der Waals surface area contributed by atoms with Crippen molar-refractivity contribution in [3.8, 4) is 5.40 Å². The maximum absolute atomic E-state index is 10.2. The van der Waals surface area contributed by atoms with Gasteiger partial charge in [-0.2, -0.15) is 0 Å². The number of hydrogen-bond donors (Lipinski definition) is 0. The molecular weight excluding hydrogens is 468 g/mol. The van der Waals surface area contributed by atoms with Gasteiger partial charge in [0.2, 0.25) is 0 Å². The van der Waals surface area contributed by atoms with Crippen molar-refractivity contribution in [1.82, 2.24) is 0 Å². The molecule has 0 fully saturated rings. The molecule has 3 heteroatoms. The molecular formula is C25H20NSSb. The molecule has 0 N–H and O–H groups in total. The van der Waals surface area contributed by atoms with Gasteiger partial charge in [0.25, 0.3) is 0 Å². The molecule has 4 rings (SSSR count). The number of rotatable bonds is 5. The van der Waals surface area contributed by atoms with Crippen LogP contribution in [0.15, 0.2) is 121 Å². The summed E-state index contributed by atoms with van der Waals surface area (Å²) in [6.45, 7) is 0. The molecule has 0 saturated heterocycles. The number of nitrogens with zero attached hydrogens (tertiary/aromatic N) is 1. The molecule has 4 aromatic rings. The van der Waals surface area contributed by atoms with Crippen molar-refractivity contribution in [3.63, 3.8) is 0 Å². The summed E-state index contributed by atoms with van der Waals surface area (Å²) >= 11 is -4.45. The first-order valence-corrected chi connectivity index (χ1v) is 18.2. The van der Waals surface area contributed by atoms with E-state index >= 15 is 0 Å². The van der Waals surface area contributed by atoms with Crippen LogP contribution in [-0.4, -0.2) is 16.0 Å². The average Bonchev–Trinajstić information content (AvgIpc) is 2.80. The predicted octanol–water partition coefficient (Wildman–Crippen LogP) is 3.73. The standard InChI is InChI=1S/4C6H5.CHNS.Sb/c4*1-2-4-6-5-3-1;2-1-3;/h4*1-5H;3H;/q;;;;;+1/p-1. The normalized spacial score (nSPS) is 12.5. The van der Waals surface area contributed by atoms with E-state index in [1.165, 1.54) is 22.9 Å². The van der Waals surface area contributed by atoms with Crippen LogP contribution in [0.3, 0.4) is 0 Å². The summed E-state index contributed by atoms with van der Waals surface area (Å²) in [5.74, 6) is 0. The first-order chi connectivity index (χ1) is 13.8. The molecule has 4 aromatic carbocycles. The third kappa shape index (κ3) is 2.70. The molecule has 0 spiro atoms. The van der Waals surface area contributed by atoms with Crippen LogP contribution in [0.4, 0.5) is 0 Å². The summed E-state index contributed by atoms with van der Waals surface area (Å²) in [6, 6.07) is 42.6. The third-order valence-corrected chi connectivity index (χ3v) is 29.8. The molecule has 0 heterocycles. The third-order valence-electron chi connectivity index (χ3n) is 5.22. The van der Waals surface area contributed by atoms with Gasteiger partial charge in [0, 0.05) is 0 Å². The minimum atomic E-state index is -4.45. The second-order valence-electron chi connectivity index (χ2n) is 6.56. The Kier molecular flexibility index (Phi) is 5.31. The summed E-state index contributed by atoms with van der Waals surface area (Å²) in [6.07, 6.45) is 0. The molecule has 0 unspecified atom stereocenters. The molecule has 0 aliphatic heterocycles. The van der Waals surface area contributed by atoms with E-state index in [1.807, 2.05) is 24.3 Å². The van der Waals surface area contributed by atoms with E-state index in [0.717, 1.165) is 0 Å². The molecule has 136 valence electrons. The van der Waals surface area contributed by atoms with Crippen LogP contribution in [0, 0.1) is 10.7 Å². The summed E-state index contributed by atoms with van der Waals surface area (Å²) < 4.78 is 5.02. The van der Waals surface area contributed by atoms with Gasteiger partial charge in [0.1, 0.15) is 0 Å². The molecule has 0 bridgehead atoms. The molecule has 0 aromatic heterocycles. The van der Waals surface area contributed by atoms with Gasteiger partial charge in [-0.05, 0) is 0 Å². The molecule has 0 aliphatic rings. The van der Waals surface area contributed by atoms with Crippen molar-refractivity contribution in [2.24, 2.45) is 0 Å². The van der Waals surface area contributed by atoms with Gasteiger partial charge in [-0.1, -0.05) is 0 Å². The fraction of sp³-hybridized carbons (Fsp3) is 0. The summed E-state index contributed by atoms with van der Waals surface area (Å²) in [5, 5.41) is 12.7.